The van der Waals surface area contributed by atoms with Gasteiger partial charge in [-0.15, -0.1) is 0 Å². The fourth-order valence-corrected chi connectivity index (χ4v) is 1.58. The molecule has 0 aliphatic rings. The first-order chi connectivity index (χ1) is 9.33. The van der Waals surface area contributed by atoms with Crippen molar-refractivity contribution < 1.29 is 23.7 Å². The number of benzene rings is 1. The van der Waals surface area contributed by atoms with Crippen LogP contribution in [-0.2, 0) is 16.1 Å². The number of hydrogen-bond donors (Lipinski definition) is 0. The van der Waals surface area contributed by atoms with Crippen molar-refractivity contribution in [3.8, 4) is 17.2 Å². The molecule has 0 aliphatic carbocycles. The summed E-state index contributed by atoms with van der Waals surface area (Å²) in [5.74, 6) is 1.33. The van der Waals surface area contributed by atoms with Gasteiger partial charge in [0.15, 0.2) is 11.5 Å². The normalized spacial score (nSPS) is 10.9. The molecule has 112 valence electrons. The predicted molar refractivity (Wildman–Crippen MR) is 75.3 cm³/mol. The molecule has 20 heavy (non-hydrogen) atoms. The number of rotatable bonds is 5. The van der Waals surface area contributed by atoms with Gasteiger partial charge in [0.1, 0.15) is 6.61 Å². The zero-order valence-corrected chi connectivity index (χ0v) is 12.9. The third kappa shape index (κ3) is 3.79. The van der Waals surface area contributed by atoms with Gasteiger partial charge in [0.25, 0.3) is 0 Å². The van der Waals surface area contributed by atoms with E-state index in [1.807, 2.05) is 20.8 Å². The monoisotopic (exact) mass is 282 g/mol. The van der Waals surface area contributed by atoms with E-state index in [0.717, 1.165) is 5.56 Å². The first-order valence-electron chi connectivity index (χ1n) is 6.29. The van der Waals surface area contributed by atoms with Crippen LogP contribution in [0.1, 0.15) is 26.3 Å². The molecule has 0 aliphatic heterocycles. The molecule has 1 rings (SSSR count). The molecule has 0 fully saturated rings. The molecule has 5 heteroatoms. The Hall–Kier alpha value is -1.91. The lowest BCUT2D eigenvalue weighted by atomic mass is 9.97. The molecule has 0 saturated heterocycles. The Kier molecular flexibility index (Phi) is 5.25. The van der Waals surface area contributed by atoms with Gasteiger partial charge in [-0.05, 0) is 38.5 Å². The van der Waals surface area contributed by atoms with E-state index in [1.165, 1.54) is 0 Å². The number of ether oxygens (including phenoxy) is 4. The van der Waals surface area contributed by atoms with E-state index in [9.17, 15) is 4.79 Å². The van der Waals surface area contributed by atoms with Crippen molar-refractivity contribution >= 4 is 5.97 Å². The van der Waals surface area contributed by atoms with Gasteiger partial charge in [-0.25, -0.2) is 0 Å². The summed E-state index contributed by atoms with van der Waals surface area (Å²) in [5.41, 5.74) is 0.248. The third-order valence-electron chi connectivity index (χ3n) is 2.71. The quantitative estimate of drug-likeness (QED) is 0.777. The minimum absolute atomic E-state index is 0.160. The van der Waals surface area contributed by atoms with Gasteiger partial charge in [-0.2, -0.15) is 0 Å². The lowest BCUT2D eigenvalue weighted by molar-refractivity contribution is -0.154. The summed E-state index contributed by atoms with van der Waals surface area (Å²) >= 11 is 0. The van der Waals surface area contributed by atoms with E-state index in [-0.39, 0.29) is 12.6 Å². The molecule has 0 N–H and O–H groups in total. The predicted octanol–water partition coefficient (Wildman–Crippen LogP) is 2.80. The SMILES string of the molecule is COc1cc(COC(=O)C(C)(C)C)cc(OC)c1OC. The smallest absolute Gasteiger partial charge is 0.311 e. The summed E-state index contributed by atoms with van der Waals surface area (Å²) in [7, 11) is 4.63. The summed E-state index contributed by atoms with van der Waals surface area (Å²) in [6.07, 6.45) is 0. The Morgan fingerprint density at radius 2 is 1.50 bits per heavy atom. The lowest BCUT2D eigenvalue weighted by Gasteiger charge is -2.18. The van der Waals surface area contributed by atoms with Crippen LogP contribution < -0.4 is 14.2 Å². The van der Waals surface area contributed by atoms with Crippen molar-refractivity contribution in [1.82, 2.24) is 0 Å². The molecule has 0 atom stereocenters. The van der Waals surface area contributed by atoms with Crippen LogP contribution in [-0.4, -0.2) is 27.3 Å². The summed E-state index contributed by atoms with van der Waals surface area (Å²) in [6, 6.07) is 3.52. The van der Waals surface area contributed by atoms with Crippen LogP contribution in [0.15, 0.2) is 12.1 Å². The van der Waals surface area contributed by atoms with Gasteiger partial charge in [-0.1, -0.05) is 0 Å². The van der Waals surface area contributed by atoms with Crippen molar-refractivity contribution in [1.29, 1.82) is 0 Å². The summed E-state index contributed by atoms with van der Waals surface area (Å²) in [4.78, 5) is 11.8. The molecule has 0 heterocycles. The number of carbonyl (C=O) groups is 1. The molecular formula is C15H22O5. The van der Waals surface area contributed by atoms with Crippen LogP contribution >= 0.6 is 0 Å². The second kappa shape index (κ2) is 6.50. The number of hydrogen-bond acceptors (Lipinski definition) is 5. The van der Waals surface area contributed by atoms with Crippen LogP contribution in [0.4, 0.5) is 0 Å². The molecule has 0 amide bonds. The lowest BCUT2D eigenvalue weighted by Crippen LogP contribution is -2.22. The first kappa shape index (κ1) is 16.1. The number of methoxy groups -OCH3 is 3. The highest BCUT2D eigenvalue weighted by molar-refractivity contribution is 5.75. The van der Waals surface area contributed by atoms with Crippen LogP contribution in [0.2, 0.25) is 0 Å². The van der Waals surface area contributed by atoms with Crippen LogP contribution in [0.3, 0.4) is 0 Å². The largest absolute Gasteiger partial charge is 0.493 e. The first-order valence-corrected chi connectivity index (χ1v) is 6.29. The van der Waals surface area contributed by atoms with E-state index < -0.39 is 5.41 Å². The Labute approximate surface area is 119 Å². The van der Waals surface area contributed by atoms with E-state index >= 15 is 0 Å². The highest BCUT2D eigenvalue weighted by atomic mass is 16.5. The average Bonchev–Trinajstić information content (AvgIpc) is 2.42. The molecule has 0 saturated carbocycles. The summed E-state index contributed by atoms with van der Waals surface area (Å²) < 4.78 is 21.0. The minimum Gasteiger partial charge on any atom is -0.493 e. The molecular weight excluding hydrogens is 260 g/mol. The zero-order valence-electron chi connectivity index (χ0n) is 12.9. The molecule has 0 unspecified atom stereocenters. The Balaban J connectivity index is 2.94. The highest BCUT2D eigenvalue weighted by Crippen LogP contribution is 2.38. The van der Waals surface area contributed by atoms with Crippen LogP contribution in [0.25, 0.3) is 0 Å². The Morgan fingerprint density at radius 1 is 1.00 bits per heavy atom. The average molecular weight is 282 g/mol. The van der Waals surface area contributed by atoms with Gasteiger partial charge in [0.2, 0.25) is 5.75 Å². The van der Waals surface area contributed by atoms with E-state index in [2.05, 4.69) is 0 Å². The number of esters is 1. The van der Waals surface area contributed by atoms with Crippen molar-refractivity contribution in [2.75, 3.05) is 21.3 Å². The maximum Gasteiger partial charge on any atom is 0.311 e. The fourth-order valence-electron chi connectivity index (χ4n) is 1.58. The molecule has 5 nitrogen and oxygen atoms in total. The molecule has 0 radical (unpaired) electrons. The molecule has 0 bridgehead atoms. The summed E-state index contributed by atoms with van der Waals surface area (Å²) in [6.45, 7) is 5.59. The second-order valence-corrected chi connectivity index (χ2v) is 5.36. The van der Waals surface area contributed by atoms with Crippen LogP contribution in [0, 0.1) is 5.41 Å². The minimum atomic E-state index is -0.527. The summed E-state index contributed by atoms with van der Waals surface area (Å²) in [5, 5.41) is 0. The zero-order chi connectivity index (χ0) is 15.3. The van der Waals surface area contributed by atoms with Gasteiger partial charge in [0.05, 0.1) is 26.7 Å². The van der Waals surface area contributed by atoms with Crippen molar-refractivity contribution in [3.63, 3.8) is 0 Å². The van der Waals surface area contributed by atoms with Gasteiger partial charge in [0, 0.05) is 0 Å². The molecule has 1 aromatic rings. The van der Waals surface area contributed by atoms with E-state index in [0.29, 0.717) is 17.2 Å². The van der Waals surface area contributed by atoms with Crippen molar-refractivity contribution in [3.05, 3.63) is 17.7 Å². The Bertz CT molecular complexity index is 449. The van der Waals surface area contributed by atoms with Crippen LogP contribution in [0.5, 0.6) is 17.2 Å². The number of carbonyl (C=O) groups excluding carboxylic acids is 1. The van der Waals surface area contributed by atoms with Crippen molar-refractivity contribution in [2.24, 2.45) is 5.41 Å². The van der Waals surface area contributed by atoms with Gasteiger partial charge >= 0.3 is 5.97 Å². The topological polar surface area (TPSA) is 54.0 Å². The fraction of sp³-hybridized carbons (Fsp3) is 0.533. The molecule has 1 aromatic carbocycles. The Morgan fingerprint density at radius 3 is 1.85 bits per heavy atom. The molecule has 0 aromatic heterocycles. The van der Waals surface area contributed by atoms with E-state index in [4.69, 9.17) is 18.9 Å². The van der Waals surface area contributed by atoms with Gasteiger partial charge < -0.3 is 18.9 Å². The maximum absolute atomic E-state index is 11.8. The van der Waals surface area contributed by atoms with Crippen molar-refractivity contribution in [2.45, 2.75) is 27.4 Å². The third-order valence-corrected chi connectivity index (χ3v) is 2.71. The standard InChI is InChI=1S/C15H22O5/c1-15(2,3)14(16)20-9-10-7-11(17-4)13(19-6)12(8-10)18-5/h7-8H,9H2,1-6H3. The second-order valence-electron chi connectivity index (χ2n) is 5.36. The van der Waals surface area contributed by atoms with Gasteiger partial charge in [-0.3, -0.25) is 4.79 Å². The highest BCUT2D eigenvalue weighted by Gasteiger charge is 2.23. The maximum atomic E-state index is 11.8. The van der Waals surface area contributed by atoms with E-state index in [1.54, 1.807) is 33.5 Å². The molecule has 0 spiro atoms.